The van der Waals surface area contributed by atoms with E-state index in [4.69, 9.17) is 4.74 Å². The quantitative estimate of drug-likeness (QED) is 0.756. The van der Waals surface area contributed by atoms with Crippen molar-refractivity contribution in [3.63, 3.8) is 0 Å². The van der Waals surface area contributed by atoms with Crippen molar-refractivity contribution in [1.82, 2.24) is 4.98 Å². The number of phenolic OH excluding ortho intramolecular Hbond substituents is 1. The Kier molecular flexibility index (Phi) is 2.80. The lowest BCUT2D eigenvalue weighted by atomic mass is 10.00. The Morgan fingerprint density at radius 2 is 1.79 bits per heavy atom. The predicted molar refractivity (Wildman–Crippen MR) is 75.4 cm³/mol. The molecule has 0 aliphatic carbocycles. The van der Waals surface area contributed by atoms with Gasteiger partial charge < -0.3 is 9.84 Å². The first kappa shape index (κ1) is 11.5. The molecule has 0 fully saturated rings. The number of pyridine rings is 1. The van der Waals surface area contributed by atoms with Crippen molar-refractivity contribution in [1.29, 1.82) is 0 Å². The molecule has 3 rings (SSSR count). The van der Waals surface area contributed by atoms with E-state index >= 15 is 0 Å². The first-order chi connectivity index (χ1) is 9.29. The van der Waals surface area contributed by atoms with Crippen molar-refractivity contribution in [2.45, 2.75) is 0 Å². The molecule has 2 aromatic carbocycles. The van der Waals surface area contributed by atoms with Crippen molar-refractivity contribution < 1.29 is 9.84 Å². The highest BCUT2D eigenvalue weighted by Crippen LogP contribution is 2.33. The lowest BCUT2D eigenvalue weighted by molar-refractivity contribution is 0.415. The van der Waals surface area contributed by atoms with E-state index in [1.54, 1.807) is 19.4 Å². The number of benzene rings is 2. The summed E-state index contributed by atoms with van der Waals surface area (Å²) in [6, 6.07) is 15.2. The summed E-state index contributed by atoms with van der Waals surface area (Å²) in [7, 11) is 1.65. The molecule has 0 amide bonds. The van der Waals surface area contributed by atoms with Crippen molar-refractivity contribution >= 4 is 10.9 Å². The molecule has 1 aromatic heterocycles. The third kappa shape index (κ3) is 1.99. The fourth-order valence-corrected chi connectivity index (χ4v) is 2.18. The molecule has 0 saturated carbocycles. The van der Waals surface area contributed by atoms with Crippen LogP contribution in [0.1, 0.15) is 0 Å². The Morgan fingerprint density at radius 3 is 2.53 bits per heavy atom. The largest absolute Gasteiger partial charge is 0.506 e. The Labute approximate surface area is 111 Å². The summed E-state index contributed by atoms with van der Waals surface area (Å²) in [4.78, 5) is 4.23. The van der Waals surface area contributed by atoms with Gasteiger partial charge in [-0.1, -0.05) is 18.2 Å². The van der Waals surface area contributed by atoms with Gasteiger partial charge in [0.25, 0.3) is 0 Å². The molecule has 0 radical (unpaired) electrons. The SMILES string of the molecule is COc1ccc(-c2ccc(O)c3ncccc23)cc1. The number of hydrogen-bond acceptors (Lipinski definition) is 3. The molecule has 0 bridgehead atoms. The number of aromatic nitrogens is 1. The summed E-state index contributed by atoms with van der Waals surface area (Å²) in [5.41, 5.74) is 2.73. The molecule has 0 saturated heterocycles. The number of rotatable bonds is 2. The molecular weight excluding hydrogens is 238 g/mol. The van der Waals surface area contributed by atoms with Crippen molar-refractivity contribution in [3.05, 3.63) is 54.7 Å². The Morgan fingerprint density at radius 1 is 1.00 bits per heavy atom. The van der Waals surface area contributed by atoms with E-state index in [0.717, 1.165) is 22.3 Å². The predicted octanol–water partition coefficient (Wildman–Crippen LogP) is 3.62. The van der Waals surface area contributed by atoms with Gasteiger partial charge in [-0.05, 0) is 41.5 Å². The minimum Gasteiger partial charge on any atom is -0.506 e. The van der Waals surface area contributed by atoms with Crippen LogP contribution in [-0.2, 0) is 0 Å². The van der Waals surface area contributed by atoms with Gasteiger partial charge in [-0.25, -0.2) is 0 Å². The normalized spacial score (nSPS) is 10.6. The summed E-state index contributed by atoms with van der Waals surface area (Å²) >= 11 is 0. The molecule has 3 aromatic rings. The van der Waals surface area contributed by atoms with Crippen molar-refractivity contribution in [2.24, 2.45) is 0 Å². The second kappa shape index (κ2) is 4.61. The topological polar surface area (TPSA) is 42.4 Å². The number of phenols is 1. The molecule has 1 N–H and O–H groups in total. The van der Waals surface area contributed by atoms with Crippen LogP contribution in [0.25, 0.3) is 22.0 Å². The average molecular weight is 251 g/mol. The van der Waals surface area contributed by atoms with Gasteiger partial charge in [0.15, 0.2) is 0 Å². The maximum absolute atomic E-state index is 9.84. The molecule has 3 heteroatoms. The molecule has 3 nitrogen and oxygen atoms in total. The summed E-state index contributed by atoms with van der Waals surface area (Å²) in [6.45, 7) is 0. The molecule has 19 heavy (non-hydrogen) atoms. The summed E-state index contributed by atoms with van der Waals surface area (Å²) in [5, 5.41) is 10.8. The van der Waals surface area contributed by atoms with Crippen LogP contribution in [0, 0.1) is 0 Å². The summed E-state index contributed by atoms with van der Waals surface area (Å²) in [5.74, 6) is 1.03. The van der Waals surface area contributed by atoms with Gasteiger partial charge in [0.2, 0.25) is 0 Å². The number of fused-ring (bicyclic) bond motifs is 1. The van der Waals surface area contributed by atoms with Gasteiger partial charge in [-0.15, -0.1) is 0 Å². The number of hydrogen-bond donors (Lipinski definition) is 1. The van der Waals surface area contributed by atoms with Crippen LogP contribution in [0.5, 0.6) is 11.5 Å². The molecule has 0 atom stereocenters. The fourth-order valence-electron chi connectivity index (χ4n) is 2.18. The van der Waals surface area contributed by atoms with E-state index in [1.165, 1.54) is 0 Å². The number of aromatic hydroxyl groups is 1. The van der Waals surface area contributed by atoms with E-state index in [9.17, 15) is 5.11 Å². The van der Waals surface area contributed by atoms with Gasteiger partial charge in [-0.3, -0.25) is 4.98 Å². The van der Waals surface area contributed by atoms with Crippen LogP contribution >= 0.6 is 0 Å². The molecule has 0 aliphatic rings. The standard InChI is InChI=1S/C16H13NO2/c1-19-12-6-4-11(5-7-12)13-8-9-15(18)16-14(13)3-2-10-17-16/h2-10,18H,1H3. The minimum absolute atomic E-state index is 0.202. The van der Waals surface area contributed by atoms with Crippen molar-refractivity contribution in [2.75, 3.05) is 7.11 Å². The van der Waals surface area contributed by atoms with Gasteiger partial charge in [-0.2, -0.15) is 0 Å². The Balaban J connectivity index is 2.21. The molecule has 1 heterocycles. The molecular formula is C16H13NO2. The van der Waals surface area contributed by atoms with E-state index in [2.05, 4.69) is 4.98 Å². The zero-order chi connectivity index (χ0) is 13.2. The average Bonchev–Trinajstić information content (AvgIpc) is 2.48. The third-order valence-corrected chi connectivity index (χ3v) is 3.15. The molecule has 0 aliphatic heterocycles. The Bertz CT molecular complexity index is 720. The zero-order valence-corrected chi connectivity index (χ0v) is 10.5. The van der Waals surface area contributed by atoms with E-state index < -0.39 is 0 Å². The van der Waals surface area contributed by atoms with Crippen LogP contribution in [-0.4, -0.2) is 17.2 Å². The third-order valence-electron chi connectivity index (χ3n) is 3.15. The number of ether oxygens (including phenoxy) is 1. The van der Waals surface area contributed by atoms with Gasteiger partial charge in [0.1, 0.15) is 17.0 Å². The second-order valence-corrected chi connectivity index (χ2v) is 4.26. The second-order valence-electron chi connectivity index (χ2n) is 4.26. The van der Waals surface area contributed by atoms with Crippen LogP contribution in [0.4, 0.5) is 0 Å². The lowest BCUT2D eigenvalue weighted by Crippen LogP contribution is -1.86. The zero-order valence-electron chi connectivity index (χ0n) is 10.5. The summed E-state index contributed by atoms with van der Waals surface area (Å²) < 4.78 is 5.16. The molecule has 94 valence electrons. The van der Waals surface area contributed by atoms with E-state index in [-0.39, 0.29) is 5.75 Å². The Hall–Kier alpha value is -2.55. The summed E-state index contributed by atoms with van der Waals surface area (Å²) in [6.07, 6.45) is 1.68. The first-order valence-corrected chi connectivity index (χ1v) is 6.01. The number of nitrogens with zero attached hydrogens (tertiary/aromatic N) is 1. The maximum atomic E-state index is 9.84. The van der Waals surface area contributed by atoms with Gasteiger partial charge in [0.05, 0.1) is 7.11 Å². The minimum atomic E-state index is 0.202. The monoisotopic (exact) mass is 251 g/mol. The lowest BCUT2D eigenvalue weighted by Gasteiger charge is -2.08. The van der Waals surface area contributed by atoms with Crippen LogP contribution in [0.15, 0.2) is 54.7 Å². The maximum Gasteiger partial charge on any atom is 0.141 e. The smallest absolute Gasteiger partial charge is 0.141 e. The molecule has 0 spiro atoms. The van der Waals surface area contributed by atoms with Crippen LogP contribution in [0.2, 0.25) is 0 Å². The van der Waals surface area contributed by atoms with E-state index in [1.807, 2.05) is 42.5 Å². The highest BCUT2D eigenvalue weighted by atomic mass is 16.5. The number of methoxy groups -OCH3 is 1. The van der Waals surface area contributed by atoms with Gasteiger partial charge >= 0.3 is 0 Å². The van der Waals surface area contributed by atoms with Crippen LogP contribution < -0.4 is 4.74 Å². The molecule has 0 unspecified atom stereocenters. The first-order valence-electron chi connectivity index (χ1n) is 6.01. The van der Waals surface area contributed by atoms with Gasteiger partial charge in [0, 0.05) is 11.6 Å². The van der Waals surface area contributed by atoms with Crippen molar-refractivity contribution in [3.8, 4) is 22.6 Å². The highest BCUT2D eigenvalue weighted by molar-refractivity contribution is 5.97. The van der Waals surface area contributed by atoms with Crippen LogP contribution in [0.3, 0.4) is 0 Å². The van der Waals surface area contributed by atoms with E-state index in [0.29, 0.717) is 5.52 Å². The fraction of sp³-hybridized carbons (Fsp3) is 0.0625. The highest BCUT2D eigenvalue weighted by Gasteiger charge is 2.07.